The molecule has 1 aliphatic heterocycles. The largest absolute Gasteiger partial charge is 0.468 e. The lowest BCUT2D eigenvalue weighted by Crippen LogP contribution is -2.43. The third kappa shape index (κ3) is 3.37. The maximum Gasteiger partial charge on any atom is 0.333 e. The van der Waals surface area contributed by atoms with E-state index in [2.05, 4.69) is 9.91 Å². The lowest BCUT2D eigenvalue weighted by atomic mass is 10.2. The van der Waals surface area contributed by atoms with Crippen molar-refractivity contribution < 1.29 is 19.4 Å². The number of aliphatic hydroxyl groups excluding tert-OH is 1. The highest BCUT2D eigenvalue weighted by atomic mass is 16.5. The summed E-state index contributed by atoms with van der Waals surface area (Å²) in [4.78, 5) is 46.1. The minimum absolute atomic E-state index is 0.0654. The van der Waals surface area contributed by atoms with E-state index in [1.54, 1.807) is 0 Å². The number of hydrogen-bond donors (Lipinski definition) is 1. The smallest absolute Gasteiger partial charge is 0.333 e. The Labute approximate surface area is 130 Å². The molecule has 10 heteroatoms. The summed E-state index contributed by atoms with van der Waals surface area (Å²) in [5, 5.41) is 12.5. The Hall–Kier alpha value is -2.33. The van der Waals surface area contributed by atoms with Gasteiger partial charge in [0.1, 0.15) is 25.4 Å². The zero-order chi connectivity index (χ0) is 17.1. The van der Waals surface area contributed by atoms with Gasteiger partial charge in [0.15, 0.2) is 0 Å². The van der Waals surface area contributed by atoms with Gasteiger partial charge in [0.25, 0.3) is 5.56 Å². The Morgan fingerprint density at radius 1 is 1.52 bits per heavy atom. The van der Waals surface area contributed by atoms with Gasteiger partial charge < -0.3 is 14.6 Å². The first-order valence-corrected chi connectivity index (χ1v) is 6.91. The monoisotopic (exact) mass is 327 g/mol. The molecule has 3 atom stereocenters. The van der Waals surface area contributed by atoms with E-state index >= 15 is 0 Å². The van der Waals surface area contributed by atoms with Gasteiger partial charge in [-0.2, -0.15) is 4.91 Å². The molecule has 0 amide bonds. The van der Waals surface area contributed by atoms with E-state index in [0.717, 1.165) is 16.2 Å². The summed E-state index contributed by atoms with van der Waals surface area (Å²) < 4.78 is 11.8. The van der Waals surface area contributed by atoms with Gasteiger partial charge in [0.05, 0.1) is 13.2 Å². The highest BCUT2D eigenvalue weighted by Crippen LogP contribution is 2.27. The highest BCUT2D eigenvalue weighted by molar-refractivity contribution is 5.68. The first kappa shape index (κ1) is 17.0. The number of carbonyl (C=O) groups is 1. The number of nitroso groups, excluding NO2 is 1. The lowest BCUT2D eigenvalue weighted by Gasteiger charge is -2.17. The van der Waals surface area contributed by atoms with Crippen LogP contribution in [0.2, 0.25) is 0 Å². The van der Waals surface area contributed by atoms with E-state index < -0.39 is 42.2 Å². The number of hydrogen-bond acceptors (Lipinski definition) is 8. The van der Waals surface area contributed by atoms with Crippen LogP contribution in [0.3, 0.4) is 0 Å². The summed E-state index contributed by atoms with van der Waals surface area (Å²) in [7, 11) is 1.15. The molecule has 0 radical (unpaired) electrons. The fraction of sp³-hybridized carbons (Fsp3) is 0.615. The molecule has 1 fully saturated rings. The van der Waals surface area contributed by atoms with Crippen LogP contribution in [0, 0.1) is 11.8 Å². The van der Waals surface area contributed by atoms with Crippen LogP contribution in [0.5, 0.6) is 0 Å². The quantitative estimate of drug-likeness (QED) is 0.537. The Kier molecular flexibility index (Phi) is 5.06. The number of aliphatic hydroxyl groups is 1. The molecular weight excluding hydrogens is 310 g/mol. The third-order valence-electron chi connectivity index (χ3n) is 3.65. The molecular formula is C13H17N3O7. The van der Waals surface area contributed by atoms with Gasteiger partial charge in [-0.3, -0.25) is 14.2 Å². The van der Waals surface area contributed by atoms with Gasteiger partial charge in [-0.05, 0) is 6.92 Å². The van der Waals surface area contributed by atoms with Crippen LogP contribution in [-0.2, 0) is 20.8 Å². The normalized spacial score (nSPS) is 23.7. The summed E-state index contributed by atoms with van der Waals surface area (Å²) in [6, 6.07) is 0. The Morgan fingerprint density at radius 3 is 2.83 bits per heavy atom. The molecule has 23 heavy (non-hydrogen) atoms. The zero-order valence-corrected chi connectivity index (χ0v) is 12.7. The molecule has 0 spiro atoms. The average molecular weight is 327 g/mol. The topological polar surface area (TPSA) is 129 Å². The van der Waals surface area contributed by atoms with Gasteiger partial charge in [0, 0.05) is 18.2 Å². The van der Waals surface area contributed by atoms with Crippen LogP contribution in [0.4, 0.5) is 0 Å². The summed E-state index contributed by atoms with van der Waals surface area (Å²) >= 11 is 0. The van der Waals surface area contributed by atoms with Crippen LogP contribution in [0.25, 0.3) is 0 Å². The zero-order valence-electron chi connectivity index (χ0n) is 12.7. The van der Waals surface area contributed by atoms with Crippen molar-refractivity contribution in [1.82, 2.24) is 9.13 Å². The molecule has 2 heterocycles. The molecule has 0 aliphatic carbocycles. The summed E-state index contributed by atoms with van der Waals surface area (Å²) in [5.74, 6) is -0.739. The molecule has 1 N–H and O–H groups in total. The number of aromatic nitrogens is 2. The second-order valence-electron chi connectivity index (χ2n) is 5.21. The standard InChI is InChI=1S/C13H17N3O7/c1-7-5-15(10-3-8(17)9(23-10)4-14-21)13(20)16(12(7)19)6-11(18)22-2/h5,8-10,17H,3-4,6H2,1-2H3/t8-,9+,10?/m0/s1. The average Bonchev–Trinajstić information content (AvgIpc) is 2.88. The molecule has 1 saturated heterocycles. The first-order valence-electron chi connectivity index (χ1n) is 6.91. The summed E-state index contributed by atoms with van der Waals surface area (Å²) in [6.07, 6.45) is -1.26. The summed E-state index contributed by atoms with van der Waals surface area (Å²) in [5.41, 5.74) is -1.15. The van der Waals surface area contributed by atoms with Crippen molar-refractivity contribution in [3.63, 3.8) is 0 Å². The number of esters is 1. The van der Waals surface area contributed by atoms with E-state index in [9.17, 15) is 24.4 Å². The van der Waals surface area contributed by atoms with Crippen LogP contribution < -0.4 is 11.2 Å². The van der Waals surface area contributed by atoms with Crippen LogP contribution >= 0.6 is 0 Å². The predicted molar refractivity (Wildman–Crippen MR) is 76.9 cm³/mol. The van der Waals surface area contributed by atoms with Gasteiger partial charge >= 0.3 is 11.7 Å². The van der Waals surface area contributed by atoms with E-state index in [4.69, 9.17) is 4.74 Å². The SMILES string of the molecule is COC(=O)Cn1c(=O)c(C)cn(C2C[C@H](O)[C@@H](CN=O)O2)c1=O. The van der Waals surface area contributed by atoms with Gasteiger partial charge in [0.2, 0.25) is 0 Å². The van der Waals surface area contributed by atoms with Gasteiger partial charge in [-0.15, -0.1) is 0 Å². The van der Waals surface area contributed by atoms with Crippen LogP contribution in [0.15, 0.2) is 21.0 Å². The molecule has 1 aromatic heterocycles. The molecule has 0 bridgehead atoms. The van der Waals surface area contributed by atoms with E-state index in [1.165, 1.54) is 13.1 Å². The van der Waals surface area contributed by atoms with Crippen molar-refractivity contribution >= 4 is 5.97 Å². The number of carbonyl (C=O) groups excluding carboxylic acids is 1. The van der Waals surface area contributed by atoms with Crippen molar-refractivity contribution in [2.75, 3.05) is 13.7 Å². The van der Waals surface area contributed by atoms with Crippen molar-refractivity contribution in [2.24, 2.45) is 5.18 Å². The van der Waals surface area contributed by atoms with Crippen LogP contribution in [0.1, 0.15) is 18.2 Å². The number of aryl methyl sites for hydroxylation is 1. The molecule has 0 saturated carbocycles. The second kappa shape index (κ2) is 6.84. The Morgan fingerprint density at radius 2 is 2.22 bits per heavy atom. The van der Waals surface area contributed by atoms with Crippen molar-refractivity contribution in [2.45, 2.75) is 38.3 Å². The molecule has 1 aliphatic rings. The minimum atomic E-state index is -0.953. The van der Waals surface area contributed by atoms with Gasteiger partial charge in [-0.25, -0.2) is 9.36 Å². The number of ether oxygens (including phenoxy) is 2. The first-order chi connectivity index (χ1) is 10.9. The maximum absolute atomic E-state index is 12.4. The van der Waals surface area contributed by atoms with E-state index in [0.29, 0.717) is 0 Å². The number of nitrogens with zero attached hydrogens (tertiary/aromatic N) is 3. The molecule has 0 aromatic carbocycles. The Bertz CT molecular complexity index is 723. The fourth-order valence-electron chi connectivity index (χ4n) is 2.42. The molecule has 1 unspecified atom stereocenters. The predicted octanol–water partition coefficient (Wildman–Crippen LogP) is -1.09. The second-order valence-corrected chi connectivity index (χ2v) is 5.21. The number of methoxy groups -OCH3 is 1. The number of rotatable bonds is 5. The molecule has 2 rings (SSSR count). The van der Waals surface area contributed by atoms with Crippen molar-refractivity contribution in [3.05, 3.63) is 37.5 Å². The minimum Gasteiger partial charge on any atom is -0.468 e. The van der Waals surface area contributed by atoms with E-state index in [1.807, 2.05) is 0 Å². The molecule has 10 nitrogen and oxygen atoms in total. The van der Waals surface area contributed by atoms with Gasteiger partial charge in [-0.1, -0.05) is 5.18 Å². The summed E-state index contributed by atoms with van der Waals surface area (Å²) in [6.45, 7) is 0.722. The fourth-order valence-corrected chi connectivity index (χ4v) is 2.42. The van der Waals surface area contributed by atoms with Crippen molar-refractivity contribution in [3.8, 4) is 0 Å². The van der Waals surface area contributed by atoms with Crippen molar-refractivity contribution in [1.29, 1.82) is 0 Å². The highest BCUT2D eigenvalue weighted by Gasteiger charge is 2.36. The molecule has 1 aromatic rings. The maximum atomic E-state index is 12.4. The Balaban J connectivity index is 2.41. The van der Waals surface area contributed by atoms with E-state index in [-0.39, 0.29) is 18.5 Å². The molecule has 126 valence electrons. The van der Waals surface area contributed by atoms with Crippen LogP contribution in [-0.4, -0.2) is 46.1 Å². The third-order valence-corrected chi connectivity index (χ3v) is 3.65. The lowest BCUT2D eigenvalue weighted by molar-refractivity contribution is -0.141.